The highest BCUT2D eigenvalue weighted by Gasteiger charge is 2.34. The first-order valence-electron chi connectivity index (χ1n) is 8.97. The van der Waals surface area contributed by atoms with E-state index in [4.69, 9.17) is 4.42 Å². The molecule has 2 aromatic rings. The van der Waals surface area contributed by atoms with Crippen molar-refractivity contribution >= 4 is 35.3 Å². The molecule has 1 unspecified atom stereocenters. The van der Waals surface area contributed by atoms with Gasteiger partial charge in [0.1, 0.15) is 0 Å². The summed E-state index contributed by atoms with van der Waals surface area (Å²) in [5.74, 6) is -0.739. The largest absolute Gasteiger partial charge is 0.416 e. The highest BCUT2D eigenvalue weighted by Crippen LogP contribution is 2.21. The molecule has 0 fully saturated rings. The van der Waals surface area contributed by atoms with Crippen molar-refractivity contribution in [1.29, 1.82) is 0 Å². The Bertz CT molecular complexity index is 954. The lowest BCUT2D eigenvalue weighted by Gasteiger charge is -2.24. The summed E-state index contributed by atoms with van der Waals surface area (Å²) in [6, 6.07) is 7.34. The first-order chi connectivity index (χ1) is 13.8. The molecule has 0 saturated heterocycles. The molecular weight excluding hydrogens is 394 g/mol. The maximum atomic E-state index is 12.3. The van der Waals surface area contributed by atoms with Gasteiger partial charge in [-0.3, -0.25) is 14.5 Å². The Morgan fingerprint density at radius 2 is 1.93 bits per heavy atom. The fourth-order valence-electron chi connectivity index (χ4n) is 2.68. The van der Waals surface area contributed by atoms with Crippen molar-refractivity contribution in [2.45, 2.75) is 32.0 Å². The maximum absolute atomic E-state index is 12.3. The van der Waals surface area contributed by atoms with Crippen molar-refractivity contribution in [3.63, 3.8) is 0 Å². The number of carbonyl (C=O) groups excluding carboxylic acids is 3. The van der Waals surface area contributed by atoms with Crippen LogP contribution in [0.5, 0.6) is 0 Å². The van der Waals surface area contributed by atoms with E-state index in [1.807, 2.05) is 31.2 Å². The summed E-state index contributed by atoms with van der Waals surface area (Å²) in [4.78, 5) is 40.6. The molecule has 0 bridgehead atoms. The fourth-order valence-corrected chi connectivity index (χ4v) is 3.29. The van der Waals surface area contributed by atoms with Crippen LogP contribution in [0.3, 0.4) is 0 Å². The Morgan fingerprint density at radius 1 is 1.21 bits per heavy atom. The zero-order valence-electron chi connectivity index (χ0n) is 16.3. The first-order valence-corrected chi connectivity index (χ1v) is 9.96. The molecule has 152 valence electrons. The zero-order chi connectivity index (χ0) is 21.0. The van der Waals surface area contributed by atoms with Crippen LogP contribution < -0.4 is 5.32 Å². The monoisotopic (exact) mass is 415 g/mol. The van der Waals surface area contributed by atoms with Crippen LogP contribution in [0.1, 0.15) is 23.9 Å². The summed E-state index contributed by atoms with van der Waals surface area (Å²) >= 11 is 1.12. The van der Waals surface area contributed by atoms with Gasteiger partial charge in [0.15, 0.2) is 0 Å². The smallest absolute Gasteiger partial charge is 0.349 e. The number of imide groups is 1. The number of nitrogens with one attached hydrogen (secondary N) is 1. The number of thioether (sulfide) groups is 1. The SMILES string of the molecule is CC1=NC(=O)N(C)C(=O)C1Cc1nnc(SCC(=O)NCc2ccc(C)cc2)o1. The summed E-state index contributed by atoms with van der Waals surface area (Å²) < 4.78 is 5.52. The molecule has 1 aromatic heterocycles. The van der Waals surface area contributed by atoms with Gasteiger partial charge in [-0.1, -0.05) is 41.6 Å². The second-order valence-corrected chi connectivity index (χ2v) is 7.63. The number of hydrogen-bond donors (Lipinski definition) is 1. The van der Waals surface area contributed by atoms with Crippen molar-refractivity contribution in [2.75, 3.05) is 12.8 Å². The second kappa shape index (κ2) is 8.99. The number of aryl methyl sites for hydroxylation is 1. The number of benzene rings is 1. The molecule has 0 saturated carbocycles. The summed E-state index contributed by atoms with van der Waals surface area (Å²) in [5, 5.41) is 10.9. The Hall–Kier alpha value is -3.01. The van der Waals surface area contributed by atoms with Gasteiger partial charge in [-0.25, -0.2) is 9.79 Å². The van der Waals surface area contributed by atoms with Gasteiger partial charge in [0.2, 0.25) is 17.7 Å². The molecule has 10 heteroatoms. The van der Waals surface area contributed by atoms with E-state index in [0.717, 1.165) is 27.8 Å². The quantitative estimate of drug-likeness (QED) is 0.687. The minimum Gasteiger partial charge on any atom is -0.416 e. The Kier molecular flexibility index (Phi) is 6.42. The minimum absolute atomic E-state index is 0.133. The number of rotatable bonds is 7. The maximum Gasteiger partial charge on any atom is 0.349 e. The molecule has 1 N–H and O–H groups in total. The molecule has 3 rings (SSSR count). The van der Waals surface area contributed by atoms with Gasteiger partial charge < -0.3 is 9.73 Å². The highest BCUT2D eigenvalue weighted by molar-refractivity contribution is 7.99. The summed E-state index contributed by atoms with van der Waals surface area (Å²) in [6.45, 7) is 4.08. The van der Waals surface area contributed by atoms with E-state index in [-0.39, 0.29) is 35.1 Å². The van der Waals surface area contributed by atoms with Gasteiger partial charge in [-0.05, 0) is 19.4 Å². The molecular formula is C19H21N5O4S. The third-order valence-corrected chi connectivity index (χ3v) is 5.27. The fraction of sp³-hybridized carbons (Fsp3) is 0.368. The third-order valence-electron chi connectivity index (χ3n) is 4.46. The number of hydrogen-bond acceptors (Lipinski definition) is 7. The number of carbonyl (C=O) groups is 3. The molecule has 0 spiro atoms. The molecule has 29 heavy (non-hydrogen) atoms. The van der Waals surface area contributed by atoms with Crippen molar-refractivity contribution in [3.8, 4) is 0 Å². The minimum atomic E-state index is -0.617. The van der Waals surface area contributed by atoms with Gasteiger partial charge in [-0.15, -0.1) is 10.2 Å². The van der Waals surface area contributed by atoms with Gasteiger partial charge in [0.05, 0.1) is 11.7 Å². The molecule has 0 aliphatic carbocycles. The lowest BCUT2D eigenvalue weighted by molar-refractivity contribution is -0.129. The Morgan fingerprint density at radius 3 is 2.66 bits per heavy atom. The summed E-state index contributed by atoms with van der Waals surface area (Å²) in [6.07, 6.45) is 0.152. The Balaban J connectivity index is 1.49. The van der Waals surface area contributed by atoms with E-state index in [9.17, 15) is 14.4 Å². The third kappa shape index (κ3) is 5.29. The molecule has 1 aromatic carbocycles. The highest BCUT2D eigenvalue weighted by atomic mass is 32.2. The van der Waals surface area contributed by atoms with E-state index in [2.05, 4.69) is 20.5 Å². The lowest BCUT2D eigenvalue weighted by atomic mass is 9.97. The van der Waals surface area contributed by atoms with E-state index in [1.165, 1.54) is 7.05 Å². The van der Waals surface area contributed by atoms with Crippen molar-refractivity contribution in [1.82, 2.24) is 20.4 Å². The molecule has 4 amide bonds. The van der Waals surface area contributed by atoms with E-state index in [0.29, 0.717) is 12.3 Å². The van der Waals surface area contributed by atoms with Crippen molar-refractivity contribution in [2.24, 2.45) is 10.9 Å². The molecule has 9 nitrogen and oxygen atoms in total. The number of nitrogens with zero attached hydrogens (tertiary/aromatic N) is 4. The number of urea groups is 1. The van der Waals surface area contributed by atoms with Crippen LogP contribution in [-0.4, -0.2) is 51.5 Å². The summed E-state index contributed by atoms with van der Waals surface area (Å²) in [7, 11) is 1.39. The van der Waals surface area contributed by atoms with E-state index < -0.39 is 11.9 Å². The number of amides is 4. The van der Waals surface area contributed by atoms with Crippen LogP contribution in [0.2, 0.25) is 0 Å². The second-order valence-electron chi connectivity index (χ2n) is 6.70. The van der Waals surface area contributed by atoms with Crippen LogP contribution in [0.4, 0.5) is 4.79 Å². The van der Waals surface area contributed by atoms with E-state index in [1.54, 1.807) is 6.92 Å². The predicted molar refractivity (Wildman–Crippen MR) is 107 cm³/mol. The number of aliphatic imine (C=N–C) groups is 1. The topological polar surface area (TPSA) is 118 Å². The van der Waals surface area contributed by atoms with Crippen molar-refractivity contribution < 1.29 is 18.8 Å². The average Bonchev–Trinajstić information content (AvgIpc) is 3.15. The Labute approximate surface area is 172 Å². The van der Waals surface area contributed by atoms with Crippen LogP contribution in [0.25, 0.3) is 0 Å². The molecule has 0 radical (unpaired) electrons. The van der Waals surface area contributed by atoms with Gasteiger partial charge in [0.25, 0.3) is 5.22 Å². The molecule has 1 atom stereocenters. The lowest BCUT2D eigenvalue weighted by Crippen LogP contribution is -2.44. The van der Waals surface area contributed by atoms with Crippen LogP contribution >= 0.6 is 11.8 Å². The van der Waals surface area contributed by atoms with Gasteiger partial charge in [0, 0.05) is 25.7 Å². The predicted octanol–water partition coefficient (Wildman–Crippen LogP) is 2.00. The van der Waals surface area contributed by atoms with Gasteiger partial charge in [-0.2, -0.15) is 0 Å². The zero-order valence-corrected chi connectivity index (χ0v) is 17.2. The normalized spacial score (nSPS) is 16.7. The molecule has 1 aliphatic rings. The van der Waals surface area contributed by atoms with Crippen LogP contribution in [0.15, 0.2) is 38.9 Å². The van der Waals surface area contributed by atoms with Crippen LogP contribution in [0, 0.1) is 12.8 Å². The average molecular weight is 415 g/mol. The molecule has 2 heterocycles. The van der Waals surface area contributed by atoms with E-state index >= 15 is 0 Å². The van der Waals surface area contributed by atoms with Crippen molar-refractivity contribution in [3.05, 3.63) is 41.3 Å². The van der Waals surface area contributed by atoms with Crippen LogP contribution in [-0.2, 0) is 22.6 Å². The standard InChI is InChI=1S/C19H21N5O4S/c1-11-4-6-13(7-5-11)9-20-15(25)10-29-19-23-22-16(28-19)8-14-12(2)21-18(27)24(3)17(14)26/h4-7,14H,8-10H2,1-3H3,(H,20,25). The first kappa shape index (κ1) is 20.7. The summed E-state index contributed by atoms with van der Waals surface area (Å²) in [5.41, 5.74) is 2.60. The molecule has 1 aliphatic heterocycles. The number of aromatic nitrogens is 2. The van der Waals surface area contributed by atoms with Gasteiger partial charge >= 0.3 is 6.03 Å².